The fourth-order valence-corrected chi connectivity index (χ4v) is 4.10. The van der Waals surface area contributed by atoms with Crippen LogP contribution in [0.4, 0.5) is 0 Å². The molecular formula is C24H26N2O2. The van der Waals surface area contributed by atoms with Crippen molar-refractivity contribution in [2.75, 3.05) is 19.7 Å². The van der Waals surface area contributed by atoms with Crippen LogP contribution in [0.3, 0.4) is 0 Å². The normalized spacial score (nSPS) is 14.2. The molecule has 4 nitrogen and oxygen atoms in total. The molecule has 0 radical (unpaired) electrons. The van der Waals surface area contributed by atoms with E-state index in [9.17, 15) is 4.79 Å². The van der Waals surface area contributed by atoms with E-state index in [0.29, 0.717) is 6.54 Å². The summed E-state index contributed by atoms with van der Waals surface area (Å²) in [6.45, 7) is 7.55. The first-order chi connectivity index (χ1) is 13.5. The van der Waals surface area contributed by atoms with Crippen molar-refractivity contribution in [3.8, 4) is 5.75 Å². The first-order valence-corrected chi connectivity index (χ1v) is 9.77. The van der Waals surface area contributed by atoms with Crippen molar-refractivity contribution >= 4 is 22.4 Å². The van der Waals surface area contributed by atoms with Crippen LogP contribution in [0.15, 0.2) is 48.7 Å². The number of benzene rings is 2. The Hall–Kier alpha value is -3.01. The molecule has 1 N–H and O–H groups in total. The van der Waals surface area contributed by atoms with Crippen LogP contribution >= 0.6 is 0 Å². The molecule has 0 bridgehead atoms. The van der Waals surface area contributed by atoms with E-state index in [1.807, 2.05) is 24.8 Å². The van der Waals surface area contributed by atoms with Crippen LogP contribution in [-0.2, 0) is 4.79 Å². The fourth-order valence-electron chi connectivity index (χ4n) is 4.10. The summed E-state index contributed by atoms with van der Waals surface area (Å²) in [6, 6.07) is 12.5. The number of carbonyl (C=O) groups excluding carboxylic acids is 1. The van der Waals surface area contributed by atoms with Gasteiger partial charge in [-0.05, 0) is 50.0 Å². The van der Waals surface area contributed by atoms with Gasteiger partial charge in [-0.2, -0.15) is 0 Å². The standard InChI is InChI=1S/C24H26N2O2/c1-16-12-17(2)24(18(3)13-16)28-15-23(27)26-10-8-19(9-11-26)21-14-25-22-7-5-4-6-20(21)22/h4-8,12-14,25H,9-11,15H2,1-3H3. The third-order valence-corrected chi connectivity index (χ3v) is 5.44. The summed E-state index contributed by atoms with van der Waals surface area (Å²) in [6.07, 6.45) is 5.09. The van der Waals surface area contributed by atoms with Crippen molar-refractivity contribution in [2.24, 2.45) is 0 Å². The van der Waals surface area contributed by atoms with Crippen LogP contribution in [0.2, 0.25) is 0 Å². The molecule has 2 aromatic carbocycles. The Balaban J connectivity index is 1.41. The van der Waals surface area contributed by atoms with Gasteiger partial charge in [0, 0.05) is 35.8 Å². The van der Waals surface area contributed by atoms with Gasteiger partial charge in [0.1, 0.15) is 5.75 Å². The Morgan fingerprint density at radius 3 is 2.61 bits per heavy atom. The summed E-state index contributed by atoms with van der Waals surface area (Å²) in [4.78, 5) is 17.8. The van der Waals surface area contributed by atoms with Gasteiger partial charge >= 0.3 is 0 Å². The number of fused-ring (bicyclic) bond motifs is 1. The Morgan fingerprint density at radius 1 is 1.14 bits per heavy atom. The van der Waals surface area contributed by atoms with Crippen molar-refractivity contribution in [3.05, 3.63) is 70.9 Å². The van der Waals surface area contributed by atoms with Crippen molar-refractivity contribution in [1.82, 2.24) is 9.88 Å². The van der Waals surface area contributed by atoms with E-state index in [2.05, 4.69) is 54.5 Å². The smallest absolute Gasteiger partial charge is 0.260 e. The zero-order valence-corrected chi connectivity index (χ0v) is 16.7. The highest BCUT2D eigenvalue weighted by Gasteiger charge is 2.20. The van der Waals surface area contributed by atoms with E-state index in [0.717, 1.165) is 35.4 Å². The molecule has 1 aliphatic rings. The summed E-state index contributed by atoms with van der Waals surface area (Å²) in [5.41, 5.74) is 7.04. The van der Waals surface area contributed by atoms with Gasteiger partial charge in [0.15, 0.2) is 6.61 Å². The maximum absolute atomic E-state index is 12.6. The maximum atomic E-state index is 12.6. The molecule has 4 rings (SSSR count). The van der Waals surface area contributed by atoms with Crippen molar-refractivity contribution in [3.63, 3.8) is 0 Å². The minimum Gasteiger partial charge on any atom is -0.483 e. The highest BCUT2D eigenvalue weighted by Crippen LogP contribution is 2.29. The van der Waals surface area contributed by atoms with Crippen LogP contribution in [0.1, 0.15) is 28.7 Å². The van der Waals surface area contributed by atoms with Crippen molar-refractivity contribution < 1.29 is 9.53 Å². The van der Waals surface area contributed by atoms with E-state index in [1.165, 1.54) is 22.1 Å². The first kappa shape index (κ1) is 18.4. The number of carbonyl (C=O) groups is 1. The van der Waals surface area contributed by atoms with E-state index in [4.69, 9.17) is 4.74 Å². The number of rotatable bonds is 4. The zero-order valence-electron chi connectivity index (χ0n) is 16.7. The van der Waals surface area contributed by atoms with Crippen molar-refractivity contribution in [1.29, 1.82) is 0 Å². The predicted molar refractivity (Wildman–Crippen MR) is 114 cm³/mol. The summed E-state index contributed by atoms with van der Waals surface area (Å²) in [5, 5.41) is 1.24. The number of aromatic amines is 1. The summed E-state index contributed by atoms with van der Waals surface area (Å²) >= 11 is 0. The SMILES string of the molecule is Cc1cc(C)c(OCC(=O)N2CC=C(c3c[nH]c4ccccc34)CC2)c(C)c1. The van der Waals surface area contributed by atoms with Gasteiger partial charge in [0.2, 0.25) is 0 Å². The molecule has 1 amide bonds. The van der Waals surface area contributed by atoms with Gasteiger partial charge in [-0.1, -0.05) is 42.0 Å². The van der Waals surface area contributed by atoms with Crippen molar-refractivity contribution in [2.45, 2.75) is 27.2 Å². The average Bonchev–Trinajstić information content (AvgIpc) is 3.11. The lowest BCUT2D eigenvalue weighted by Crippen LogP contribution is -2.38. The summed E-state index contributed by atoms with van der Waals surface area (Å²) < 4.78 is 5.88. The molecular weight excluding hydrogens is 348 g/mol. The van der Waals surface area contributed by atoms with Crippen LogP contribution in [0, 0.1) is 20.8 Å². The lowest BCUT2D eigenvalue weighted by Gasteiger charge is -2.27. The van der Waals surface area contributed by atoms with Gasteiger partial charge in [0.05, 0.1) is 0 Å². The number of hydrogen-bond acceptors (Lipinski definition) is 2. The molecule has 3 aromatic rings. The monoisotopic (exact) mass is 374 g/mol. The zero-order chi connectivity index (χ0) is 19.7. The largest absolute Gasteiger partial charge is 0.483 e. The highest BCUT2D eigenvalue weighted by molar-refractivity contribution is 5.93. The number of nitrogens with one attached hydrogen (secondary N) is 1. The molecule has 0 aliphatic carbocycles. The van der Waals surface area contributed by atoms with Gasteiger partial charge < -0.3 is 14.6 Å². The Morgan fingerprint density at radius 2 is 1.89 bits per heavy atom. The van der Waals surface area contributed by atoms with Crippen LogP contribution in [0.5, 0.6) is 5.75 Å². The third-order valence-electron chi connectivity index (χ3n) is 5.44. The molecule has 4 heteroatoms. The number of hydrogen-bond donors (Lipinski definition) is 1. The Labute approximate surface area is 165 Å². The molecule has 1 aliphatic heterocycles. The van der Waals surface area contributed by atoms with E-state index < -0.39 is 0 Å². The molecule has 0 saturated heterocycles. The predicted octanol–water partition coefficient (Wildman–Crippen LogP) is 4.79. The van der Waals surface area contributed by atoms with Crippen LogP contribution < -0.4 is 4.74 Å². The number of aromatic nitrogens is 1. The van der Waals surface area contributed by atoms with E-state index >= 15 is 0 Å². The number of H-pyrrole nitrogens is 1. The topological polar surface area (TPSA) is 45.3 Å². The quantitative estimate of drug-likeness (QED) is 0.714. The third kappa shape index (κ3) is 3.55. The molecule has 0 atom stereocenters. The second kappa shape index (κ2) is 7.55. The van der Waals surface area contributed by atoms with Gasteiger partial charge in [-0.3, -0.25) is 4.79 Å². The minimum absolute atomic E-state index is 0.0357. The van der Waals surface area contributed by atoms with Gasteiger partial charge in [-0.25, -0.2) is 0 Å². The second-order valence-electron chi connectivity index (χ2n) is 7.58. The van der Waals surface area contributed by atoms with Crippen LogP contribution in [-0.4, -0.2) is 35.5 Å². The molecule has 0 saturated carbocycles. The highest BCUT2D eigenvalue weighted by atomic mass is 16.5. The lowest BCUT2D eigenvalue weighted by molar-refractivity contribution is -0.132. The number of para-hydroxylation sites is 1. The molecule has 0 fully saturated rings. The van der Waals surface area contributed by atoms with Gasteiger partial charge in [0.25, 0.3) is 5.91 Å². The Bertz CT molecular complexity index is 1040. The van der Waals surface area contributed by atoms with Crippen LogP contribution in [0.25, 0.3) is 16.5 Å². The average molecular weight is 374 g/mol. The molecule has 0 spiro atoms. The molecule has 1 aromatic heterocycles. The molecule has 2 heterocycles. The van der Waals surface area contributed by atoms with Gasteiger partial charge in [-0.15, -0.1) is 0 Å². The maximum Gasteiger partial charge on any atom is 0.260 e. The fraction of sp³-hybridized carbons (Fsp3) is 0.292. The van der Waals surface area contributed by atoms with E-state index in [1.54, 1.807) is 0 Å². The summed E-state index contributed by atoms with van der Waals surface area (Å²) in [7, 11) is 0. The molecule has 28 heavy (non-hydrogen) atoms. The number of amides is 1. The summed E-state index contributed by atoms with van der Waals surface area (Å²) in [5.74, 6) is 0.861. The number of nitrogens with zero attached hydrogens (tertiary/aromatic N) is 1. The lowest BCUT2D eigenvalue weighted by atomic mass is 9.99. The first-order valence-electron chi connectivity index (χ1n) is 9.77. The molecule has 0 unspecified atom stereocenters. The number of aryl methyl sites for hydroxylation is 3. The van der Waals surface area contributed by atoms with E-state index in [-0.39, 0.29) is 12.5 Å². The number of ether oxygens (including phenoxy) is 1. The minimum atomic E-state index is 0.0357. The Kier molecular flexibility index (Phi) is 4.95. The molecule has 144 valence electrons. The second-order valence-corrected chi connectivity index (χ2v) is 7.58.